The molecule has 0 bridgehead atoms. The van der Waals surface area contributed by atoms with Crippen molar-refractivity contribution in [2.24, 2.45) is 5.92 Å². The first-order chi connectivity index (χ1) is 9.40. The van der Waals surface area contributed by atoms with Crippen LogP contribution in [-0.4, -0.2) is 29.7 Å². The molecular weight excluding hydrogens is 252 g/mol. The van der Waals surface area contributed by atoms with E-state index in [9.17, 15) is 9.90 Å². The fraction of sp³-hybridized carbons (Fsp3) is 0.562. The van der Waals surface area contributed by atoms with Crippen LogP contribution in [0.5, 0.6) is 0 Å². The van der Waals surface area contributed by atoms with Crippen molar-refractivity contribution >= 4 is 11.6 Å². The lowest BCUT2D eigenvalue weighted by molar-refractivity contribution is 0.0901. The summed E-state index contributed by atoms with van der Waals surface area (Å²) >= 11 is 0. The van der Waals surface area contributed by atoms with Crippen LogP contribution >= 0.6 is 0 Å². The molecule has 4 heteroatoms. The molecule has 0 spiro atoms. The molecule has 0 aliphatic carbocycles. The standard InChI is InChI=1S/C16H26N2O2/c1-11(2)9-13(19)10-17-16(20)14-7-5-6-8-15(14)18-12(3)4/h5-8,11-13,18-19H,9-10H2,1-4H3,(H,17,20). The molecule has 1 amide bonds. The maximum absolute atomic E-state index is 12.2. The summed E-state index contributed by atoms with van der Waals surface area (Å²) in [5.74, 6) is 0.258. The molecule has 4 nitrogen and oxygen atoms in total. The average Bonchev–Trinajstić information content (AvgIpc) is 2.35. The van der Waals surface area contributed by atoms with Crippen LogP contribution in [0, 0.1) is 5.92 Å². The molecule has 0 radical (unpaired) electrons. The van der Waals surface area contributed by atoms with Gasteiger partial charge in [0.2, 0.25) is 0 Å². The van der Waals surface area contributed by atoms with Gasteiger partial charge < -0.3 is 15.7 Å². The number of para-hydroxylation sites is 1. The SMILES string of the molecule is CC(C)CC(O)CNC(=O)c1ccccc1NC(C)C. The lowest BCUT2D eigenvalue weighted by atomic mass is 10.1. The Bertz CT molecular complexity index is 430. The molecule has 0 heterocycles. The second-order valence-electron chi connectivity index (χ2n) is 5.84. The van der Waals surface area contributed by atoms with E-state index in [1.54, 1.807) is 6.07 Å². The molecule has 112 valence electrons. The van der Waals surface area contributed by atoms with Crippen LogP contribution in [0.15, 0.2) is 24.3 Å². The fourth-order valence-electron chi connectivity index (χ4n) is 2.05. The molecule has 0 saturated carbocycles. The quantitative estimate of drug-likeness (QED) is 0.718. The molecule has 1 unspecified atom stereocenters. The Kier molecular flexibility index (Phi) is 6.52. The second-order valence-corrected chi connectivity index (χ2v) is 5.84. The minimum atomic E-state index is -0.496. The van der Waals surface area contributed by atoms with Gasteiger partial charge >= 0.3 is 0 Å². The van der Waals surface area contributed by atoms with E-state index < -0.39 is 6.10 Å². The van der Waals surface area contributed by atoms with Gasteiger partial charge in [-0.2, -0.15) is 0 Å². The number of nitrogens with one attached hydrogen (secondary N) is 2. The highest BCUT2D eigenvalue weighted by Gasteiger charge is 2.13. The van der Waals surface area contributed by atoms with Crippen molar-refractivity contribution in [3.8, 4) is 0 Å². The van der Waals surface area contributed by atoms with Crippen molar-refractivity contribution in [3.05, 3.63) is 29.8 Å². The molecule has 0 aliphatic rings. The Morgan fingerprint density at radius 3 is 2.45 bits per heavy atom. The highest BCUT2D eigenvalue weighted by atomic mass is 16.3. The van der Waals surface area contributed by atoms with Crippen molar-refractivity contribution < 1.29 is 9.90 Å². The first-order valence-corrected chi connectivity index (χ1v) is 7.22. The third-order valence-corrected chi connectivity index (χ3v) is 2.86. The van der Waals surface area contributed by atoms with Crippen molar-refractivity contribution in [1.82, 2.24) is 5.32 Å². The van der Waals surface area contributed by atoms with Crippen molar-refractivity contribution in [3.63, 3.8) is 0 Å². The van der Waals surface area contributed by atoms with Crippen molar-refractivity contribution in [1.29, 1.82) is 0 Å². The molecule has 3 N–H and O–H groups in total. The van der Waals surface area contributed by atoms with E-state index in [0.29, 0.717) is 17.9 Å². The summed E-state index contributed by atoms with van der Waals surface area (Å²) in [4.78, 5) is 12.2. The number of carbonyl (C=O) groups is 1. The maximum atomic E-state index is 12.2. The van der Waals surface area contributed by atoms with Crippen molar-refractivity contribution in [2.45, 2.75) is 46.3 Å². The molecule has 0 aromatic heterocycles. The Hall–Kier alpha value is -1.55. The smallest absolute Gasteiger partial charge is 0.253 e. The van der Waals surface area contributed by atoms with E-state index in [1.807, 2.05) is 45.9 Å². The molecule has 1 aromatic carbocycles. The monoisotopic (exact) mass is 278 g/mol. The number of hydrogen-bond acceptors (Lipinski definition) is 3. The minimum Gasteiger partial charge on any atom is -0.391 e. The second kappa shape index (κ2) is 7.90. The fourth-order valence-corrected chi connectivity index (χ4v) is 2.05. The van der Waals surface area contributed by atoms with E-state index in [4.69, 9.17) is 0 Å². The van der Waals surface area contributed by atoms with Crippen LogP contribution in [0.1, 0.15) is 44.5 Å². The number of hydrogen-bond donors (Lipinski definition) is 3. The van der Waals surface area contributed by atoms with Gasteiger partial charge in [0.1, 0.15) is 0 Å². The molecule has 0 aliphatic heterocycles. The van der Waals surface area contributed by atoms with Gasteiger partial charge in [-0.15, -0.1) is 0 Å². The number of benzene rings is 1. The van der Waals surface area contributed by atoms with E-state index in [-0.39, 0.29) is 18.5 Å². The summed E-state index contributed by atoms with van der Waals surface area (Å²) in [6.07, 6.45) is 0.191. The topological polar surface area (TPSA) is 61.4 Å². The molecule has 20 heavy (non-hydrogen) atoms. The van der Waals surface area contributed by atoms with Gasteiger partial charge in [0.05, 0.1) is 11.7 Å². The molecule has 1 aromatic rings. The third-order valence-electron chi connectivity index (χ3n) is 2.86. The normalized spacial score (nSPS) is 12.6. The molecule has 0 fully saturated rings. The summed E-state index contributed by atoms with van der Waals surface area (Å²) in [6.45, 7) is 8.44. The highest BCUT2D eigenvalue weighted by molar-refractivity contribution is 5.99. The predicted molar refractivity (Wildman–Crippen MR) is 83.0 cm³/mol. The zero-order chi connectivity index (χ0) is 15.1. The van der Waals surface area contributed by atoms with Gasteiger partial charge in [0.15, 0.2) is 0 Å². The summed E-state index contributed by atoms with van der Waals surface area (Å²) in [7, 11) is 0. The zero-order valence-corrected chi connectivity index (χ0v) is 12.8. The van der Waals surface area contributed by atoms with Gasteiger partial charge in [-0.1, -0.05) is 26.0 Å². The van der Waals surface area contributed by atoms with Crippen LogP contribution in [0.25, 0.3) is 0 Å². The van der Waals surface area contributed by atoms with E-state index in [1.165, 1.54) is 0 Å². The number of aliphatic hydroxyl groups excluding tert-OH is 1. The van der Waals surface area contributed by atoms with Crippen LogP contribution in [0.4, 0.5) is 5.69 Å². The lowest BCUT2D eigenvalue weighted by Gasteiger charge is -2.16. The van der Waals surface area contributed by atoms with Crippen LogP contribution in [0.3, 0.4) is 0 Å². The van der Waals surface area contributed by atoms with Crippen LogP contribution in [0.2, 0.25) is 0 Å². The number of aliphatic hydroxyl groups is 1. The lowest BCUT2D eigenvalue weighted by Crippen LogP contribution is -2.33. The zero-order valence-electron chi connectivity index (χ0n) is 12.8. The first kappa shape index (κ1) is 16.5. The largest absolute Gasteiger partial charge is 0.391 e. The van der Waals surface area contributed by atoms with Gasteiger partial charge in [-0.3, -0.25) is 4.79 Å². The number of rotatable bonds is 7. The van der Waals surface area contributed by atoms with Gasteiger partial charge in [-0.25, -0.2) is 0 Å². The van der Waals surface area contributed by atoms with E-state index in [2.05, 4.69) is 10.6 Å². The van der Waals surface area contributed by atoms with Crippen molar-refractivity contribution in [2.75, 3.05) is 11.9 Å². The Labute approximate surface area is 121 Å². The number of anilines is 1. The summed E-state index contributed by atoms with van der Waals surface area (Å²) in [6, 6.07) is 7.67. The van der Waals surface area contributed by atoms with Gasteiger partial charge in [0.25, 0.3) is 5.91 Å². The Morgan fingerprint density at radius 2 is 1.85 bits per heavy atom. The summed E-state index contributed by atoms with van der Waals surface area (Å²) in [5.41, 5.74) is 1.43. The predicted octanol–water partition coefficient (Wildman–Crippen LogP) is 2.64. The number of carbonyl (C=O) groups excluding carboxylic acids is 1. The average molecular weight is 278 g/mol. The summed E-state index contributed by atoms with van der Waals surface area (Å²) in [5, 5.41) is 15.8. The Balaban J connectivity index is 2.63. The van der Waals surface area contributed by atoms with Gasteiger partial charge in [-0.05, 0) is 38.3 Å². The molecule has 1 rings (SSSR count). The Morgan fingerprint density at radius 1 is 1.20 bits per heavy atom. The summed E-state index contributed by atoms with van der Waals surface area (Å²) < 4.78 is 0. The molecule has 0 saturated heterocycles. The maximum Gasteiger partial charge on any atom is 0.253 e. The van der Waals surface area contributed by atoms with Gasteiger partial charge in [0, 0.05) is 18.3 Å². The van der Waals surface area contributed by atoms with Crippen LogP contribution in [-0.2, 0) is 0 Å². The van der Waals surface area contributed by atoms with Crippen LogP contribution < -0.4 is 10.6 Å². The van der Waals surface area contributed by atoms with E-state index >= 15 is 0 Å². The molecule has 1 atom stereocenters. The number of amides is 1. The molecular formula is C16H26N2O2. The third kappa shape index (κ3) is 5.61. The first-order valence-electron chi connectivity index (χ1n) is 7.22. The van der Waals surface area contributed by atoms with E-state index in [0.717, 1.165) is 5.69 Å². The minimum absolute atomic E-state index is 0.156. The highest BCUT2D eigenvalue weighted by Crippen LogP contribution is 2.16.